The number of benzene rings is 1. The lowest BCUT2D eigenvalue weighted by Gasteiger charge is -2.11. The summed E-state index contributed by atoms with van der Waals surface area (Å²) in [7, 11) is 1.65. The number of hydrogen-bond donors (Lipinski definition) is 2. The van der Waals surface area contributed by atoms with E-state index >= 15 is 0 Å². The number of ether oxygens (including phenoxy) is 1. The van der Waals surface area contributed by atoms with Crippen molar-refractivity contribution in [3.05, 3.63) is 35.4 Å². The van der Waals surface area contributed by atoms with Gasteiger partial charge in [0.15, 0.2) is 0 Å². The molecule has 0 fully saturated rings. The third-order valence-corrected chi connectivity index (χ3v) is 2.35. The van der Waals surface area contributed by atoms with Crippen molar-refractivity contribution in [1.29, 1.82) is 0 Å². The maximum absolute atomic E-state index is 10.3. The fourth-order valence-corrected chi connectivity index (χ4v) is 1.71. The fraction of sp³-hybridized carbons (Fsp3) is 0.308. The summed E-state index contributed by atoms with van der Waals surface area (Å²) in [6.45, 7) is 4.44. The van der Waals surface area contributed by atoms with Gasteiger partial charge in [-0.25, -0.2) is 4.79 Å². The Labute approximate surface area is 101 Å². The number of carboxylic acid groups (broad SMARTS) is 1. The molecule has 0 saturated carbocycles. The molecule has 0 radical (unpaired) electrons. The predicted molar refractivity (Wildman–Crippen MR) is 67.7 cm³/mol. The first-order valence-corrected chi connectivity index (χ1v) is 5.33. The molecular weight excluding hydrogens is 218 g/mol. The maximum Gasteiger partial charge on any atom is 0.328 e. The highest BCUT2D eigenvalue weighted by Gasteiger charge is 2.04. The van der Waals surface area contributed by atoms with Gasteiger partial charge >= 0.3 is 5.97 Å². The van der Waals surface area contributed by atoms with Gasteiger partial charge < -0.3 is 15.2 Å². The second-order valence-electron chi connectivity index (χ2n) is 3.76. The van der Waals surface area contributed by atoms with Gasteiger partial charge in [0.2, 0.25) is 0 Å². The molecule has 1 aromatic carbocycles. The predicted octanol–water partition coefficient (Wildman–Crippen LogP) is 2.36. The van der Waals surface area contributed by atoms with Crippen molar-refractivity contribution in [3.63, 3.8) is 0 Å². The van der Waals surface area contributed by atoms with Crippen molar-refractivity contribution in [2.45, 2.75) is 13.8 Å². The lowest BCUT2D eigenvalue weighted by Crippen LogP contribution is -2.01. The van der Waals surface area contributed by atoms with Crippen LogP contribution in [0.25, 0.3) is 0 Å². The topological polar surface area (TPSA) is 58.6 Å². The van der Waals surface area contributed by atoms with Crippen molar-refractivity contribution < 1.29 is 14.6 Å². The standard InChI is InChI=1S/C13H17NO3/c1-9-7-11(8-10(2)13(9)17-3)14-6-4-5-12(15)16/h4-5,7-8,14H,6H2,1-3H3,(H,15,16)/b5-4+. The van der Waals surface area contributed by atoms with Gasteiger partial charge in [0, 0.05) is 18.3 Å². The Balaban J connectivity index is 2.70. The SMILES string of the molecule is COc1c(C)cc(NC/C=C/C(=O)O)cc1C. The zero-order chi connectivity index (χ0) is 12.8. The summed E-state index contributed by atoms with van der Waals surface area (Å²) in [4.78, 5) is 10.3. The van der Waals surface area contributed by atoms with Gasteiger partial charge in [-0.2, -0.15) is 0 Å². The Kier molecular flexibility index (Phi) is 4.57. The van der Waals surface area contributed by atoms with Crippen LogP contribution in [-0.4, -0.2) is 24.7 Å². The van der Waals surface area contributed by atoms with E-state index in [1.807, 2.05) is 26.0 Å². The second kappa shape index (κ2) is 5.94. The molecular formula is C13H17NO3. The lowest BCUT2D eigenvalue weighted by atomic mass is 10.1. The molecule has 0 heterocycles. The molecule has 4 heteroatoms. The Bertz CT molecular complexity index is 415. The van der Waals surface area contributed by atoms with Crippen LogP contribution in [0.1, 0.15) is 11.1 Å². The third kappa shape index (κ3) is 3.83. The first-order valence-electron chi connectivity index (χ1n) is 5.33. The van der Waals surface area contributed by atoms with Crippen LogP contribution in [0.2, 0.25) is 0 Å². The van der Waals surface area contributed by atoms with E-state index in [1.54, 1.807) is 13.2 Å². The van der Waals surface area contributed by atoms with Crippen molar-refractivity contribution >= 4 is 11.7 Å². The lowest BCUT2D eigenvalue weighted by molar-refractivity contribution is -0.131. The third-order valence-electron chi connectivity index (χ3n) is 2.35. The van der Waals surface area contributed by atoms with Gasteiger partial charge in [-0.1, -0.05) is 6.08 Å². The van der Waals surface area contributed by atoms with Gasteiger partial charge in [0.05, 0.1) is 7.11 Å². The molecule has 2 N–H and O–H groups in total. The van der Waals surface area contributed by atoms with E-state index < -0.39 is 5.97 Å². The van der Waals surface area contributed by atoms with Crippen molar-refractivity contribution in [1.82, 2.24) is 0 Å². The molecule has 1 rings (SSSR count). The Morgan fingerprint density at radius 1 is 1.41 bits per heavy atom. The molecule has 0 spiro atoms. The number of hydrogen-bond acceptors (Lipinski definition) is 3. The smallest absolute Gasteiger partial charge is 0.328 e. The summed E-state index contributed by atoms with van der Waals surface area (Å²) in [6, 6.07) is 3.95. The Hall–Kier alpha value is -1.97. The van der Waals surface area contributed by atoms with Crippen LogP contribution in [0.5, 0.6) is 5.75 Å². The van der Waals surface area contributed by atoms with Crippen LogP contribution >= 0.6 is 0 Å². The van der Waals surface area contributed by atoms with Crippen molar-refractivity contribution in [2.24, 2.45) is 0 Å². The zero-order valence-corrected chi connectivity index (χ0v) is 10.3. The largest absolute Gasteiger partial charge is 0.496 e. The monoisotopic (exact) mass is 235 g/mol. The molecule has 92 valence electrons. The summed E-state index contributed by atoms with van der Waals surface area (Å²) in [5.74, 6) is -0.0504. The van der Waals surface area contributed by atoms with Gasteiger partial charge in [-0.3, -0.25) is 0 Å². The number of anilines is 1. The molecule has 0 aliphatic rings. The van der Waals surface area contributed by atoms with Crippen molar-refractivity contribution in [2.75, 3.05) is 19.0 Å². The molecule has 17 heavy (non-hydrogen) atoms. The van der Waals surface area contributed by atoms with Crippen LogP contribution in [0.4, 0.5) is 5.69 Å². The highest BCUT2D eigenvalue weighted by Crippen LogP contribution is 2.26. The van der Waals surface area contributed by atoms with E-state index in [0.29, 0.717) is 6.54 Å². The number of carboxylic acids is 1. The normalized spacial score (nSPS) is 10.5. The minimum atomic E-state index is -0.936. The number of nitrogens with one attached hydrogen (secondary N) is 1. The van der Waals surface area contributed by atoms with Crippen LogP contribution in [-0.2, 0) is 4.79 Å². The first kappa shape index (κ1) is 13.1. The van der Waals surface area contributed by atoms with Crippen LogP contribution in [0.3, 0.4) is 0 Å². The van der Waals surface area contributed by atoms with E-state index in [2.05, 4.69) is 5.32 Å². The average Bonchev–Trinajstić information content (AvgIpc) is 2.24. The average molecular weight is 235 g/mol. The zero-order valence-electron chi connectivity index (χ0n) is 10.3. The second-order valence-corrected chi connectivity index (χ2v) is 3.76. The molecule has 0 aliphatic carbocycles. The molecule has 0 saturated heterocycles. The minimum absolute atomic E-state index is 0.484. The maximum atomic E-state index is 10.3. The number of methoxy groups -OCH3 is 1. The van der Waals surface area contributed by atoms with Gasteiger partial charge in [0.1, 0.15) is 5.75 Å². The van der Waals surface area contributed by atoms with Gasteiger partial charge in [0.25, 0.3) is 0 Å². The summed E-state index contributed by atoms with van der Waals surface area (Å²) in [6.07, 6.45) is 2.69. The molecule has 0 atom stereocenters. The summed E-state index contributed by atoms with van der Waals surface area (Å²) >= 11 is 0. The first-order chi connectivity index (χ1) is 8.04. The molecule has 0 unspecified atom stereocenters. The highest BCUT2D eigenvalue weighted by atomic mass is 16.5. The minimum Gasteiger partial charge on any atom is -0.496 e. The Morgan fingerprint density at radius 2 is 2.00 bits per heavy atom. The fourth-order valence-electron chi connectivity index (χ4n) is 1.71. The molecule has 4 nitrogen and oxygen atoms in total. The van der Waals surface area contributed by atoms with E-state index in [0.717, 1.165) is 28.6 Å². The highest BCUT2D eigenvalue weighted by molar-refractivity contribution is 5.79. The quantitative estimate of drug-likeness (QED) is 0.769. The number of aliphatic carboxylic acids is 1. The van der Waals surface area contributed by atoms with Crippen LogP contribution < -0.4 is 10.1 Å². The molecule has 0 amide bonds. The summed E-state index contributed by atoms with van der Waals surface area (Å²) < 4.78 is 5.27. The molecule has 0 bridgehead atoms. The summed E-state index contributed by atoms with van der Waals surface area (Å²) in [5, 5.41) is 11.6. The van der Waals surface area contributed by atoms with E-state index in [9.17, 15) is 4.79 Å². The van der Waals surface area contributed by atoms with Gasteiger partial charge in [-0.15, -0.1) is 0 Å². The van der Waals surface area contributed by atoms with Gasteiger partial charge in [-0.05, 0) is 37.1 Å². The summed E-state index contributed by atoms with van der Waals surface area (Å²) in [5.41, 5.74) is 3.06. The van der Waals surface area contributed by atoms with Crippen LogP contribution in [0.15, 0.2) is 24.3 Å². The van der Waals surface area contributed by atoms with E-state index in [-0.39, 0.29) is 0 Å². The van der Waals surface area contributed by atoms with E-state index in [1.165, 1.54) is 0 Å². The van der Waals surface area contributed by atoms with Crippen molar-refractivity contribution in [3.8, 4) is 5.75 Å². The Morgan fingerprint density at radius 3 is 2.47 bits per heavy atom. The van der Waals surface area contributed by atoms with E-state index in [4.69, 9.17) is 9.84 Å². The number of aryl methyl sites for hydroxylation is 2. The number of carbonyl (C=O) groups is 1. The molecule has 0 aliphatic heterocycles. The van der Waals surface area contributed by atoms with Crippen LogP contribution in [0, 0.1) is 13.8 Å². The molecule has 1 aromatic rings. The molecule has 0 aromatic heterocycles. The number of rotatable bonds is 5.